The number of pyridine rings is 1. The van der Waals surface area contributed by atoms with Crippen molar-refractivity contribution in [3.8, 4) is 0 Å². The highest BCUT2D eigenvalue weighted by atomic mass is 16.2. The lowest BCUT2D eigenvalue weighted by atomic mass is 9.98. The Kier molecular flexibility index (Phi) is 3.85. The molecule has 1 amide bonds. The first-order valence-corrected chi connectivity index (χ1v) is 7.82. The largest absolute Gasteiger partial charge is 0.367 e. The summed E-state index contributed by atoms with van der Waals surface area (Å²) in [6.45, 7) is 5.72. The van der Waals surface area contributed by atoms with Crippen LogP contribution in [0.3, 0.4) is 0 Å². The summed E-state index contributed by atoms with van der Waals surface area (Å²) in [4.78, 5) is 19.1. The van der Waals surface area contributed by atoms with Crippen LogP contribution in [-0.4, -0.2) is 41.0 Å². The van der Waals surface area contributed by atoms with E-state index in [-0.39, 0.29) is 18.0 Å². The Morgan fingerprint density at radius 2 is 2.24 bits per heavy atom. The molecular formula is C16H24N4O. The molecule has 2 aliphatic rings. The van der Waals surface area contributed by atoms with E-state index >= 15 is 0 Å². The molecule has 21 heavy (non-hydrogen) atoms. The minimum absolute atomic E-state index is 0.0767. The molecule has 0 aromatic carbocycles. The maximum atomic E-state index is 12.8. The number of hydrogen-bond donors (Lipinski definition) is 2. The number of nitrogens with one attached hydrogen (secondary N) is 1. The van der Waals surface area contributed by atoms with Crippen molar-refractivity contribution in [1.29, 1.82) is 0 Å². The van der Waals surface area contributed by atoms with Crippen molar-refractivity contribution in [2.75, 3.05) is 18.4 Å². The molecule has 3 rings (SSSR count). The van der Waals surface area contributed by atoms with Gasteiger partial charge in [-0.2, -0.15) is 0 Å². The zero-order valence-electron chi connectivity index (χ0n) is 12.7. The lowest BCUT2D eigenvalue weighted by Crippen LogP contribution is -2.34. The molecule has 5 nitrogen and oxygen atoms in total. The minimum atomic E-state index is 0.0767. The number of nitrogens with zero attached hydrogens (tertiary/aromatic N) is 2. The second kappa shape index (κ2) is 5.64. The molecule has 1 saturated carbocycles. The number of hydrogen-bond acceptors (Lipinski definition) is 4. The summed E-state index contributed by atoms with van der Waals surface area (Å²) in [7, 11) is 0. The van der Waals surface area contributed by atoms with E-state index in [1.807, 2.05) is 30.9 Å². The van der Waals surface area contributed by atoms with Crippen LogP contribution in [0.1, 0.15) is 37.0 Å². The zero-order valence-corrected chi connectivity index (χ0v) is 12.7. The number of likely N-dealkylation sites (tertiary alicyclic amines) is 1. The Hall–Kier alpha value is -1.62. The molecule has 1 aromatic heterocycles. The monoisotopic (exact) mass is 288 g/mol. The minimum Gasteiger partial charge on any atom is -0.367 e. The summed E-state index contributed by atoms with van der Waals surface area (Å²) in [5, 5.41) is 3.25. The van der Waals surface area contributed by atoms with Crippen molar-refractivity contribution in [2.45, 2.75) is 38.8 Å². The average molecular weight is 288 g/mol. The molecule has 0 bridgehead atoms. The van der Waals surface area contributed by atoms with Crippen LogP contribution in [0, 0.1) is 11.8 Å². The quantitative estimate of drug-likeness (QED) is 0.888. The van der Waals surface area contributed by atoms with Gasteiger partial charge in [-0.1, -0.05) is 0 Å². The Balaban J connectivity index is 1.77. The van der Waals surface area contributed by atoms with E-state index in [1.165, 1.54) is 0 Å². The third-order valence-electron chi connectivity index (χ3n) is 4.66. The fourth-order valence-electron chi connectivity index (χ4n) is 3.61. The van der Waals surface area contributed by atoms with E-state index in [4.69, 9.17) is 5.73 Å². The number of carbonyl (C=O) groups excluding carboxylic acids is 1. The van der Waals surface area contributed by atoms with Gasteiger partial charge in [0.15, 0.2) is 0 Å². The van der Waals surface area contributed by atoms with Gasteiger partial charge in [-0.15, -0.1) is 0 Å². The second-order valence-electron chi connectivity index (χ2n) is 6.57. The van der Waals surface area contributed by atoms with Gasteiger partial charge in [0.1, 0.15) is 5.82 Å². The number of nitrogens with two attached hydrogens (primary N) is 1. The first-order chi connectivity index (χ1) is 10.1. The van der Waals surface area contributed by atoms with Crippen LogP contribution in [0.25, 0.3) is 0 Å². The van der Waals surface area contributed by atoms with E-state index in [0.717, 1.165) is 25.9 Å². The van der Waals surface area contributed by atoms with Gasteiger partial charge in [-0.05, 0) is 50.7 Å². The van der Waals surface area contributed by atoms with E-state index in [1.54, 1.807) is 6.20 Å². The zero-order chi connectivity index (χ0) is 15.0. The topological polar surface area (TPSA) is 71.2 Å². The summed E-state index contributed by atoms with van der Waals surface area (Å²) >= 11 is 0. The highest BCUT2D eigenvalue weighted by Crippen LogP contribution is 2.37. The Labute approximate surface area is 125 Å². The third kappa shape index (κ3) is 2.75. The molecule has 0 spiro atoms. The van der Waals surface area contributed by atoms with Crippen LogP contribution < -0.4 is 11.1 Å². The summed E-state index contributed by atoms with van der Waals surface area (Å²) in [5.41, 5.74) is 6.82. The average Bonchev–Trinajstić information content (AvgIpc) is 3.01. The molecule has 3 atom stereocenters. The molecule has 114 valence electrons. The Bertz CT molecular complexity index is 531. The van der Waals surface area contributed by atoms with Crippen LogP contribution in [0.2, 0.25) is 0 Å². The van der Waals surface area contributed by atoms with E-state index < -0.39 is 0 Å². The van der Waals surface area contributed by atoms with Gasteiger partial charge < -0.3 is 16.0 Å². The number of carbonyl (C=O) groups is 1. The van der Waals surface area contributed by atoms with Gasteiger partial charge in [-0.25, -0.2) is 4.98 Å². The van der Waals surface area contributed by atoms with E-state index in [2.05, 4.69) is 10.3 Å². The summed E-state index contributed by atoms with van der Waals surface area (Å²) < 4.78 is 0. The molecule has 3 unspecified atom stereocenters. The molecule has 5 heteroatoms. The van der Waals surface area contributed by atoms with Gasteiger partial charge in [0.25, 0.3) is 5.91 Å². The Morgan fingerprint density at radius 3 is 2.95 bits per heavy atom. The Morgan fingerprint density at radius 1 is 1.43 bits per heavy atom. The molecule has 1 aliphatic heterocycles. The fourth-order valence-corrected chi connectivity index (χ4v) is 3.61. The molecule has 1 aromatic rings. The van der Waals surface area contributed by atoms with Crippen molar-refractivity contribution in [2.24, 2.45) is 17.6 Å². The van der Waals surface area contributed by atoms with Crippen LogP contribution in [0.15, 0.2) is 18.3 Å². The summed E-state index contributed by atoms with van der Waals surface area (Å²) in [6, 6.07) is 4.18. The smallest absolute Gasteiger partial charge is 0.257 e. The number of amides is 1. The highest BCUT2D eigenvalue weighted by Gasteiger charge is 2.42. The standard InChI is InChI=1S/C16H24N4O/c1-10(2)19-15-12(4-3-7-18-15)16(21)20-8-11-5-6-14(17)13(11)9-20/h3-4,7,10-11,13-14H,5-6,8-9,17H2,1-2H3,(H,18,19). The summed E-state index contributed by atoms with van der Waals surface area (Å²) in [6.07, 6.45) is 3.97. The van der Waals surface area contributed by atoms with E-state index in [0.29, 0.717) is 23.2 Å². The second-order valence-corrected chi connectivity index (χ2v) is 6.57. The van der Waals surface area contributed by atoms with Crippen molar-refractivity contribution in [3.05, 3.63) is 23.9 Å². The molecule has 2 fully saturated rings. The van der Waals surface area contributed by atoms with Crippen LogP contribution in [-0.2, 0) is 0 Å². The van der Waals surface area contributed by atoms with Crippen LogP contribution in [0.4, 0.5) is 5.82 Å². The summed E-state index contributed by atoms with van der Waals surface area (Å²) in [5.74, 6) is 1.82. The lowest BCUT2D eigenvalue weighted by Gasteiger charge is -2.21. The number of aromatic nitrogens is 1. The predicted molar refractivity (Wildman–Crippen MR) is 83.1 cm³/mol. The molecule has 1 aliphatic carbocycles. The normalized spacial score (nSPS) is 28.0. The molecule has 0 radical (unpaired) electrons. The van der Waals surface area contributed by atoms with Crippen LogP contribution in [0.5, 0.6) is 0 Å². The van der Waals surface area contributed by atoms with Gasteiger partial charge in [0.05, 0.1) is 5.56 Å². The molecular weight excluding hydrogens is 264 g/mol. The van der Waals surface area contributed by atoms with Crippen molar-refractivity contribution in [1.82, 2.24) is 9.88 Å². The first-order valence-electron chi connectivity index (χ1n) is 7.82. The predicted octanol–water partition coefficient (Wildman–Crippen LogP) is 1.71. The SMILES string of the molecule is CC(C)Nc1ncccc1C(=O)N1CC2CCC(N)C2C1. The molecule has 2 heterocycles. The molecule has 1 saturated heterocycles. The number of rotatable bonds is 3. The van der Waals surface area contributed by atoms with Crippen molar-refractivity contribution in [3.63, 3.8) is 0 Å². The van der Waals surface area contributed by atoms with Gasteiger partial charge in [0.2, 0.25) is 0 Å². The van der Waals surface area contributed by atoms with Gasteiger partial charge in [-0.3, -0.25) is 4.79 Å². The number of fused-ring (bicyclic) bond motifs is 1. The highest BCUT2D eigenvalue weighted by molar-refractivity contribution is 5.98. The van der Waals surface area contributed by atoms with Crippen LogP contribution >= 0.6 is 0 Å². The van der Waals surface area contributed by atoms with E-state index in [9.17, 15) is 4.79 Å². The lowest BCUT2D eigenvalue weighted by molar-refractivity contribution is 0.0780. The maximum Gasteiger partial charge on any atom is 0.257 e. The van der Waals surface area contributed by atoms with Crippen molar-refractivity contribution < 1.29 is 4.79 Å². The number of anilines is 1. The van der Waals surface area contributed by atoms with Crippen molar-refractivity contribution >= 4 is 11.7 Å². The maximum absolute atomic E-state index is 12.8. The fraction of sp³-hybridized carbons (Fsp3) is 0.625. The third-order valence-corrected chi connectivity index (χ3v) is 4.66. The van der Waals surface area contributed by atoms with Gasteiger partial charge in [0, 0.05) is 31.4 Å². The van der Waals surface area contributed by atoms with Gasteiger partial charge >= 0.3 is 0 Å². The molecule has 3 N–H and O–H groups in total. The first kappa shape index (κ1) is 14.3.